The third kappa shape index (κ3) is 3.97. The summed E-state index contributed by atoms with van der Waals surface area (Å²) in [6, 6.07) is 14.3. The van der Waals surface area contributed by atoms with E-state index in [1.165, 1.54) is 5.56 Å². The Bertz CT molecular complexity index is 1170. The molecule has 3 aromatic rings. The van der Waals surface area contributed by atoms with Crippen LogP contribution in [0.4, 0.5) is 0 Å². The van der Waals surface area contributed by atoms with Crippen LogP contribution in [-0.2, 0) is 23.0 Å². The predicted octanol–water partition coefficient (Wildman–Crippen LogP) is 5.32. The van der Waals surface area contributed by atoms with Crippen LogP contribution in [0.1, 0.15) is 55.8 Å². The Labute approximate surface area is 183 Å². The molecular formula is C27H31NO3. The second kappa shape index (κ2) is 8.43. The smallest absolute Gasteiger partial charge is 0.258 e. The van der Waals surface area contributed by atoms with E-state index >= 15 is 0 Å². The van der Waals surface area contributed by atoms with E-state index in [0.29, 0.717) is 12.0 Å². The second-order valence-electron chi connectivity index (χ2n) is 8.81. The normalized spacial score (nSPS) is 15.7. The van der Waals surface area contributed by atoms with Crippen LogP contribution in [0.2, 0.25) is 0 Å². The third-order valence-corrected chi connectivity index (χ3v) is 6.78. The number of benzene rings is 2. The summed E-state index contributed by atoms with van der Waals surface area (Å²) in [7, 11) is 1.77. The highest BCUT2D eigenvalue weighted by molar-refractivity contribution is 5.98. The molecule has 0 N–H and O–H groups in total. The molecule has 2 aromatic carbocycles. The first-order valence-corrected chi connectivity index (χ1v) is 11.2. The number of hydrogen-bond donors (Lipinski definition) is 0. The summed E-state index contributed by atoms with van der Waals surface area (Å²) in [6.45, 7) is 6.58. The van der Waals surface area contributed by atoms with Crippen LogP contribution < -0.4 is 5.56 Å². The van der Waals surface area contributed by atoms with Gasteiger partial charge in [-0.25, -0.2) is 0 Å². The molecule has 0 saturated heterocycles. The number of hydrogen-bond acceptors (Lipinski definition) is 3. The van der Waals surface area contributed by atoms with Gasteiger partial charge in [-0.3, -0.25) is 4.79 Å². The van der Waals surface area contributed by atoms with Crippen LogP contribution >= 0.6 is 0 Å². The van der Waals surface area contributed by atoms with Gasteiger partial charge < -0.3 is 14.1 Å². The number of carbonyl (C=O) groups excluding carboxylic acids is 1. The van der Waals surface area contributed by atoms with Gasteiger partial charge in [0.05, 0.1) is 18.1 Å². The summed E-state index contributed by atoms with van der Waals surface area (Å²) in [5.74, 6) is -0.507. The van der Waals surface area contributed by atoms with Gasteiger partial charge in [0.15, 0.2) is 0 Å². The van der Waals surface area contributed by atoms with Crippen LogP contribution in [-0.4, -0.2) is 23.1 Å². The quantitative estimate of drug-likeness (QED) is 0.466. The minimum atomic E-state index is -0.507. The van der Waals surface area contributed by atoms with E-state index in [9.17, 15) is 9.59 Å². The van der Waals surface area contributed by atoms with Crippen molar-refractivity contribution in [3.05, 3.63) is 69.6 Å². The van der Waals surface area contributed by atoms with Crippen LogP contribution in [0, 0.1) is 6.92 Å². The zero-order chi connectivity index (χ0) is 22.2. The Morgan fingerprint density at radius 1 is 1.10 bits per heavy atom. The Morgan fingerprint density at radius 3 is 2.39 bits per heavy atom. The number of carbonyl (C=O) groups is 1. The van der Waals surface area contributed by atoms with E-state index in [1.54, 1.807) is 11.6 Å². The number of nitrogens with zero attached hydrogens (tertiary/aromatic N) is 1. The minimum Gasteiger partial charge on any atom is -0.374 e. The molecule has 0 radical (unpaired) electrons. The average molecular weight is 418 g/mol. The first kappa shape index (κ1) is 21.5. The highest BCUT2D eigenvalue weighted by atomic mass is 16.5. The van der Waals surface area contributed by atoms with Crippen LogP contribution in [0.5, 0.6) is 0 Å². The largest absolute Gasteiger partial charge is 0.374 e. The second-order valence-corrected chi connectivity index (χ2v) is 8.81. The minimum absolute atomic E-state index is 0.0811. The molecule has 1 atom stereocenters. The molecule has 0 spiro atoms. The van der Waals surface area contributed by atoms with Gasteiger partial charge in [-0.2, -0.15) is 0 Å². The molecule has 0 bridgehead atoms. The number of aldehydes is 1. The monoisotopic (exact) mass is 417 g/mol. The van der Waals surface area contributed by atoms with Gasteiger partial charge in [-0.15, -0.1) is 0 Å². The highest BCUT2D eigenvalue weighted by Gasteiger charge is 2.42. The number of aromatic nitrogens is 1. The topological polar surface area (TPSA) is 48.3 Å². The fourth-order valence-electron chi connectivity index (χ4n) is 4.48. The maximum absolute atomic E-state index is 13.2. The Balaban J connectivity index is 1.94. The maximum Gasteiger partial charge on any atom is 0.258 e. The standard InChI is InChI=1S/C27H31NO3/c1-5-19-8-10-20(11-9-19)24-23-15-18(3)7-12-22(23)26(30)28(4)25(24)21(16-29)17-31-27(6-2)13-14-27/h7-12,15-16,21H,5-6,13-14,17H2,1-4H3. The lowest BCUT2D eigenvalue weighted by atomic mass is 9.90. The van der Waals surface area contributed by atoms with Gasteiger partial charge in [0.2, 0.25) is 0 Å². The molecule has 0 aliphatic heterocycles. The SMILES string of the molecule is CCc1ccc(-c2c(C(C=O)COC3(CC)CC3)n(C)c(=O)c3ccc(C)cc23)cc1. The average Bonchev–Trinajstić information content (AvgIpc) is 3.58. The van der Waals surface area contributed by atoms with E-state index in [-0.39, 0.29) is 11.2 Å². The van der Waals surface area contributed by atoms with Crippen molar-refractivity contribution < 1.29 is 9.53 Å². The van der Waals surface area contributed by atoms with Crippen molar-refractivity contribution in [3.63, 3.8) is 0 Å². The highest BCUT2D eigenvalue weighted by Crippen LogP contribution is 2.43. The van der Waals surface area contributed by atoms with Gasteiger partial charge in [0, 0.05) is 23.7 Å². The van der Waals surface area contributed by atoms with Crippen molar-refractivity contribution >= 4 is 17.1 Å². The summed E-state index contributed by atoms with van der Waals surface area (Å²) in [5, 5.41) is 1.56. The lowest BCUT2D eigenvalue weighted by molar-refractivity contribution is -0.111. The molecule has 1 fully saturated rings. The van der Waals surface area contributed by atoms with Crippen LogP contribution in [0.15, 0.2) is 47.3 Å². The van der Waals surface area contributed by atoms with E-state index in [1.807, 2.05) is 19.1 Å². The zero-order valence-electron chi connectivity index (χ0n) is 18.9. The molecule has 0 amide bonds. The van der Waals surface area contributed by atoms with Gasteiger partial charge in [-0.05, 0) is 55.2 Å². The fourth-order valence-corrected chi connectivity index (χ4v) is 4.48. The summed E-state index contributed by atoms with van der Waals surface area (Å²) in [6.07, 6.45) is 4.92. The summed E-state index contributed by atoms with van der Waals surface area (Å²) in [5.41, 5.74) is 4.87. The molecule has 1 aliphatic carbocycles. The number of ether oxygens (including phenoxy) is 1. The number of rotatable bonds is 8. The fraction of sp³-hybridized carbons (Fsp3) is 0.407. The maximum atomic E-state index is 13.2. The number of fused-ring (bicyclic) bond motifs is 1. The Hall–Kier alpha value is -2.72. The van der Waals surface area contributed by atoms with Crippen molar-refractivity contribution in [2.45, 2.75) is 58.0 Å². The molecular weight excluding hydrogens is 386 g/mol. The van der Waals surface area contributed by atoms with Crippen LogP contribution in [0.3, 0.4) is 0 Å². The van der Waals surface area contributed by atoms with Crippen molar-refractivity contribution in [2.24, 2.45) is 7.05 Å². The molecule has 4 heteroatoms. The van der Waals surface area contributed by atoms with Gasteiger partial charge in [-0.1, -0.05) is 55.8 Å². The van der Waals surface area contributed by atoms with Gasteiger partial charge in [0.1, 0.15) is 6.29 Å². The first-order valence-electron chi connectivity index (χ1n) is 11.2. The van der Waals surface area contributed by atoms with E-state index in [4.69, 9.17) is 4.74 Å². The van der Waals surface area contributed by atoms with Gasteiger partial charge >= 0.3 is 0 Å². The summed E-state index contributed by atoms with van der Waals surface area (Å²) in [4.78, 5) is 25.5. The number of pyridine rings is 1. The zero-order valence-corrected chi connectivity index (χ0v) is 18.9. The first-order chi connectivity index (χ1) is 14.9. The lowest BCUT2D eigenvalue weighted by Gasteiger charge is -2.24. The molecule has 1 heterocycles. The van der Waals surface area contributed by atoms with E-state index in [0.717, 1.165) is 59.7 Å². The molecule has 1 unspecified atom stereocenters. The van der Waals surface area contributed by atoms with Crippen molar-refractivity contribution in [1.29, 1.82) is 0 Å². The Kier molecular flexibility index (Phi) is 5.85. The Morgan fingerprint density at radius 2 is 1.81 bits per heavy atom. The third-order valence-electron chi connectivity index (χ3n) is 6.78. The van der Waals surface area contributed by atoms with Crippen LogP contribution in [0.25, 0.3) is 21.9 Å². The molecule has 1 aromatic heterocycles. The lowest BCUT2D eigenvalue weighted by Crippen LogP contribution is -2.27. The van der Waals surface area contributed by atoms with Crippen molar-refractivity contribution in [1.82, 2.24) is 4.57 Å². The summed E-state index contributed by atoms with van der Waals surface area (Å²) < 4.78 is 7.86. The van der Waals surface area contributed by atoms with E-state index < -0.39 is 5.92 Å². The van der Waals surface area contributed by atoms with E-state index in [2.05, 4.69) is 44.2 Å². The molecule has 1 aliphatic rings. The predicted molar refractivity (Wildman–Crippen MR) is 126 cm³/mol. The van der Waals surface area contributed by atoms with Crippen molar-refractivity contribution in [2.75, 3.05) is 6.61 Å². The molecule has 162 valence electrons. The van der Waals surface area contributed by atoms with Crippen molar-refractivity contribution in [3.8, 4) is 11.1 Å². The molecule has 1 saturated carbocycles. The summed E-state index contributed by atoms with van der Waals surface area (Å²) >= 11 is 0. The molecule has 4 nitrogen and oxygen atoms in total. The number of aryl methyl sites for hydroxylation is 2. The molecule has 31 heavy (non-hydrogen) atoms. The molecule has 4 rings (SSSR count). The van der Waals surface area contributed by atoms with Gasteiger partial charge in [0.25, 0.3) is 5.56 Å².